The van der Waals surface area contributed by atoms with Gasteiger partial charge in [0.2, 0.25) is 0 Å². The lowest BCUT2D eigenvalue weighted by Crippen LogP contribution is -2.47. The molecule has 160 valence electrons. The number of nitrogens with zero attached hydrogens (tertiary/aromatic N) is 5. The van der Waals surface area contributed by atoms with Crippen molar-refractivity contribution in [2.45, 2.75) is 45.5 Å². The van der Waals surface area contributed by atoms with Gasteiger partial charge in [0, 0.05) is 44.9 Å². The Bertz CT molecular complexity index is 897. The first kappa shape index (κ1) is 20.4. The molecule has 8 nitrogen and oxygen atoms in total. The van der Waals surface area contributed by atoms with Crippen LogP contribution in [0.5, 0.6) is 0 Å². The lowest BCUT2D eigenvalue weighted by Gasteiger charge is -2.25. The maximum atomic E-state index is 5.15. The molecule has 2 N–H and O–H groups in total. The second-order valence-corrected chi connectivity index (χ2v) is 7.68. The van der Waals surface area contributed by atoms with E-state index in [2.05, 4.69) is 69.0 Å². The molecule has 8 heteroatoms. The zero-order valence-electron chi connectivity index (χ0n) is 17.8. The molecule has 0 saturated heterocycles. The number of ether oxygens (including phenoxy) is 1. The summed E-state index contributed by atoms with van der Waals surface area (Å²) in [5.74, 6) is 2.63. The molecule has 0 amide bonds. The normalized spacial score (nSPS) is 18.5. The molecule has 1 unspecified atom stereocenters. The van der Waals surface area contributed by atoms with Crippen LogP contribution >= 0.6 is 0 Å². The average Bonchev–Trinajstić information content (AvgIpc) is 3.42. The van der Waals surface area contributed by atoms with E-state index in [1.807, 2.05) is 4.68 Å². The number of hydrogen-bond donors (Lipinski definition) is 2. The van der Waals surface area contributed by atoms with Crippen molar-refractivity contribution in [2.75, 3.05) is 31.6 Å². The molecule has 0 aliphatic carbocycles. The van der Waals surface area contributed by atoms with Crippen molar-refractivity contribution < 1.29 is 4.74 Å². The van der Waals surface area contributed by atoms with Crippen molar-refractivity contribution in [1.82, 2.24) is 25.4 Å². The topological polar surface area (TPSA) is 79.6 Å². The van der Waals surface area contributed by atoms with Crippen molar-refractivity contribution in [3.8, 4) is 0 Å². The quantitative estimate of drug-likeness (QED) is 0.413. The van der Waals surface area contributed by atoms with E-state index in [4.69, 9.17) is 9.73 Å². The fourth-order valence-corrected chi connectivity index (χ4v) is 3.89. The number of guanidine groups is 1. The average molecular weight is 410 g/mol. The van der Waals surface area contributed by atoms with E-state index in [-0.39, 0.29) is 6.04 Å². The number of aryl methyl sites for hydroxylation is 1. The van der Waals surface area contributed by atoms with Gasteiger partial charge in [0.05, 0.1) is 13.1 Å². The van der Waals surface area contributed by atoms with Crippen molar-refractivity contribution in [3.63, 3.8) is 0 Å². The van der Waals surface area contributed by atoms with Gasteiger partial charge >= 0.3 is 0 Å². The van der Waals surface area contributed by atoms with Gasteiger partial charge in [0.1, 0.15) is 12.4 Å². The van der Waals surface area contributed by atoms with Gasteiger partial charge in [0.15, 0.2) is 11.8 Å². The molecule has 0 radical (unpaired) electrons. The number of nitrogens with one attached hydrogen (secondary N) is 2. The fraction of sp³-hybridized carbons (Fsp3) is 0.500. The fourth-order valence-electron chi connectivity index (χ4n) is 3.89. The second kappa shape index (κ2) is 9.75. The Morgan fingerprint density at radius 2 is 2.17 bits per heavy atom. The van der Waals surface area contributed by atoms with E-state index in [1.54, 1.807) is 7.11 Å². The molecule has 4 rings (SSSR count). The molecule has 1 atom stereocenters. The Hall–Kier alpha value is -2.87. The first-order valence-electron chi connectivity index (χ1n) is 10.7. The molecule has 1 aromatic carbocycles. The Kier molecular flexibility index (Phi) is 6.63. The smallest absolute Gasteiger partial charge is 0.191 e. The van der Waals surface area contributed by atoms with E-state index in [1.165, 1.54) is 11.3 Å². The molecule has 0 spiro atoms. The third-order valence-corrected chi connectivity index (χ3v) is 5.37. The minimum Gasteiger partial charge on any atom is -0.377 e. The van der Waals surface area contributed by atoms with Gasteiger partial charge in [-0.15, -0.1) is 0 Å². The van der Waals surface area contributed by atoms with Crippen LogP contribution in [0.25, 0.3) is 0 Å². The number of aliphatic imine (C=N–C) groups is 1. The highest BCUT2D eigenvalue weighted by molar-refractivity contribution is 5.80. The highest BCUT2D eigenvalue weighted by Gasteiger charge is 2.22. The third-order valence-electron chi connectivity index (χ3n) is 5.37. The zero-order valence-corrected chi connectivity index (χ0v) is 17.8. The van der Waals surface area contributed by atoms with Crippen molar-refractivity contribution in [3.05, 3.63) is 53.6 Å². The van der Waals surface area contributed by atoms with Crippen molar-refractivity contribution in [2.24, 2.45) is 4.99 Å². The number of rotatable bonds is 7. The molecule has 30 heavy (non-hydrogen) atoms. The summed E-state index contributed by atoms with van der Waals surface area (Å²) in [6.45, 7) is 6.76. The first-order valence-corrected chi connectivity index (χ1v) is 10.7. The van der Waals surface area contributed by atoms with E-state index in [9.17, 15) is 0 Å². The Morgan fingerprint density at radius 3 is 2.97 bits per heavy atom. The van der Waals surface area contributed by atoms with E-state index >= 15 is 0 Å². The summed E-state index contributed by atoms with van der Waals surface area (Å²) in [6, 6.07) is 8.93. The lowest BCUT2D eigenvalue weighted by atomic mass is 10.1. The summed E-state index contributed by atoms with van der Waals surface area (Å²) in [4.78, 5) is 11.7. The minimum atomic E-state index is 0.273. The number of fused-ring (bicyclic) bond motifs is 1. The van der Waals surface area contributed by atoms with Crippen LogP contribution in [-0.2, 0) is 30.9 Å². The molecule has 0 bridgehead atoms. The summed E-state index contributed by atoms with van der Waals surface area (Å²) < 4.78 is 7.15. The largest absolute Gasteiger partial charge is 0.377 e. The van der Waals surface area contributed by atoms with Gasteiger partial charge in [-0.05, 0) is 31.0 Å². The Morgan fingerprint density at radius 1 is 1.30 bits per heavy atom. The maximum Gasteiger partial charge on any atom is 0.191 e. The molecular weight excluding hydrogens is 378 g/mol. The van der Waals surface area contributed by atoms with E-state index in [0.717, 1.165) is 56.6 Å². The summed E-state index contributed by atoms with van der Waals surface area (Å²) >= 11 is 0. The van der Waals surface area contributed by atoms with Gasteiger partial charge < -0.3 is 20.3 Å². The van der Waals surface area contributed by atoms with Crippen LogP contribution in [0, 0.1) is 0 Å². The number of anilines is 1. The van der Waals surface area contributed by atoms with Crippen LogP contribution in [0.1, 0.15) is 30.6 Å². The number of benzene rings is 1. The van der Waals surface area contributed by atoms with E-state index < -0.39 is 0 Å². The van der Waals surface area contributed by atoms with Crippen LogP contribution in [0.15, 0.2) is 41.4 Å². The number of aromatic nitrogens is 3. The van der Waals surface area contributed by atoms with Crippen LogP contribution in [-0.4, -0.2) is 53.5 Å². The second-order valence-electron chi connectivity index (χ2n) is 7.68. The molecule has 0 fully saturated rings. The van der Waals surface area contributed by atoms with Crippen LogP contribution < -0.4 is 15.5 Å². The Labute approximate surface area is 178 Å². The van der Waals surface area contributed by atoms with Gasteiger partial charge in [-0.3, -0.25) is 0 Å². The SMILES string of the molecule is CCNC(=NCc1cccc(N2CC=CC2)c1)NC1CCc2nc(COC)nn2C1. The summed E-state index contributed by atoms with van der Waals surface area (Å²) in [6.07, 6.45) is 6.33. The summed E-state index contributed by atoms with van der Waals surface area (Å²) in [5.41, 5.74) is 2.46. The van der Waals surface area contributed by atoms with Crippen LogP contribution in [0.4, 0.5) is 5.69 Å². The summed E-state index contributed by atoms with van der Waals surface area (Å²) in [7, 11) is 1.67. The number of methoxy groups -OCH3 is 1. The Balaban J connectivity index is 1.39. The summed E-state index contributed by atoms with van der Waals surface area (Å²) in [5, 5.41) is 11.5. The predicted octanol–water partition coefficient (Wildman–Crippen LogP) is 1.87. The zero-order chi connectivity index (χ0) is 20.8. The molecule has 2 aliphatic rings. The maximum absolute atomic E-state index is 5.15. The third kappa shape index (κ3) is 4.99. The van der Waals surface area contributed by atoms with Gasteiger partial charge in [0.25, 0.3) is 0 Å². The molecule has 1 aromatic heterocycles. The van der Waals surface area contributed by atoms with Crippen LogP contribution in [0.3, 0.4) is 0 Å². The van der Waals surface area contributed by atoms with E-state index in [0.29, 0.717) is 13.2 Å². The predicted molar refractivity (Wildman–Crippen MR) is 119 cm³/mol. The molecular formula is C22H31N7O. The van der Waals surface area contributed by atoms with Crippen LogP contribution in [0.2, 0.25) is 0 Å². The van der Waals surface area contributed by atoms with Gasteiger partial charge in [-0.25, -0.2) is 14.7 Å². The van der Waals surface area contributed by atoms with Crippen molar-refractivity contribution in [1.29, 1.82) is 0 Å². The molecule has 3 heterocycles. The molecule has 2 aliphatic heterocycles. The monoisotopic (exact) mass is 409 g/mol. The first-order chi connectivity index (χ1) is 14.7. The molecule has 0 saturated carbocycles. The highest BCUT2D eigenvalue weighted by atomic mass is 16.5. The molecule has 2 aromatic rings. The highest BCUT2D eigenvalue weighted by Crippen LogP contribution is 2.19. The van der Waals surface area contributed by atoms with Gasteiger partial charge in [-0.2, -0.15) is 5.10 Å². The van der Waals surface area contributed by atoms with Crippen molar-refractivity contribution >= 4 is 11.6 Å². The minimum absolute atomic E-state index is 0.273. The standard InChI is InChI=1S/C22H31N7O/c1-3-23-22(24-14-17-7-6-8-19(13-17)28-11-4-5-12-28)25-18-9-10-21-26-20(16-30-2)27-29(21)15-18/h4-8,13,18H,3,9-12,14-16H2,1-2H3,(H2,23,24,25). The van der Waals surface area contributed by atoms with Gasteiger partial charge in [-0.1, -0.05) is 24.3 Å². The lowest BCUT2D eigenvalue weighted by molar-refractivity contribution is 0.177. The number of hydrogen-bond acceptors (Lipinski definition) is 5.